The van der Waals surface area contributed by atoms with E-state index in [1.54, 1.807) is 0 Å². The van der Waals surface area contributed by atoms with Crippen molar-refractivity contribution in [2.75, 3.05) is 13.1 Å². The van der Waals surface area contributed by atoms with Gasteiger partial charge < -0.3 is 15.2 Å². The molecule has 2 unspecified atom stereocenters. The van der Waals surface area contributed by atoms with E-state index in [0.717, 1.165) is 25.1 Å². The second-order valence-corrected chi connectivity index (χ2v) is 5.21. The van der Waals surface area contributed by atoms with Gasteiger partial charge in [-0.15, -0.1) is 12.4 Å². The second kappa shape index (κ2) is 6.91. The molecule has 5 nitrogen and oxygen atoms in total. The van der Waals surface area contributed by atoms with Gasteiger partial charge in [-0.25, -0.2) is 0 Å². The molecule has 0 saturated carbocycles. The summed E-state index contributed by atoms with van der Waals surface area (Å²) in [5.74, 6) is 1.49. The Morgan fingerprint density at radius 2 is 2.37 bits per heavy atom. The fourth-order valence-electron chi connectivity index (χ4n) is 2.56. The third kappa shape index (κ3) is 3.94. The number of halogens is 1. The average Bonchev–Trinajstić information content (AvgIpc) is 2.74. The highest BCUT2D eigenvalue weighted by Gasteiger charge is 2.29. The first-order chi connectivity index (χ1) is 8.60. The number of carbonyl (C=O) groups is 1. The predicted octanol–water partition coefficient (Wildman–Crippen LogP) is 1.53. The van der Waals surface area contributed by atoms with E-state index < -0.39 is 0 Å². The van der Waals surface area contributed by atoms with Crippen LogP contribution < -0.4 is 5.73 Å². The third-order valence-corrected chi connectivity index (χ3v) is 3.58. The summed E-state index contributed by atoms with van der Waals surface area (Å²) in [5.41, 5.74) is 6.46. The number of carbonyl (C=O) groups excluding carboxylic acids is 1. The van der Waals surface area contributed by atoms with Gasteiger partial charge >= 0.3 is 0 Å². The molecule has 1 aromatic rings. The van der Waals surface area contributed by atoms with Gasteiger partial charge in [0.15, 0.2) is 0 Å². The first-order valence-corrected chi connectivity index (χ1v) is 6.52. The fourth-order valence-corrected chi connectivity index (χ4v) is 2.56. The number of amides is 1. The number of hydrogen-bond acceptors (Lipinski definition) is 4. The topological polar surface area (TPSA) is 72.4 Å². The number of rotatable bonds is 3. The summed E-state index contributed by atoms with van der Waals surface area (Å²) >= 11 is 0. The standard InChI is InChI=1S/C13H21N3O2.ClH/c1-9-3-4-16(12(5-9)8-14)13(17)7-11-6-10(2)18-15-11;/h6,9,12H,3-5,7-8,14H2,1-2H3;1H. The van der Waals surface area contributed by atoms with E-state index in [-0.39, 0.29) is 24.4 Å². The van der Waals surface area contributed by atoms with Gasteiger partial charge in [-0.3, -0.25) is 4.79 Å². The lowest BCUT2D eigenvalue weighted by molar-refractivity contribution is -0.134. The Balaban J connectivity index is 0.00000180. The zero-order valence-corrected chi connectivity index (χ0v) is 12.3. The van der Waals surface area contributed by atoms with Crippen LogP contribution in [0.2, 0.25) is 0 Å². The van der Waals surface area contributed by atoms with Crippen molar-refractivity contribution in [1.29, 1.82) is 0 Å². The first-order valence-electron chi connectivity index (χ1n) is 6.52. The van der Waals surface area contributed by atoms with Crippen molar-refractivity contribution in [2.45, 2.75) is 39.2 Å². The molecule has 2 atom stereocenters. The van der Waals surface area contributed by atoms with Crippen LogP contribution in [0.15, 0.2) is 10.6 Å². The molecule has 0 aliphatic carbocycles. The highest BCUT2D eigenvalue weighted by molar-refractivity contribution is 5.85. The van der Waals surface area contributed by atoms with Gasteiger partial charge in [0.25, 0.3) is 0 Å². The molecule has 19 heavy (non-hydrogen) atoms. The van der Waals surface area contributed by atoms with Crippen LogP contribution in [-0.2, 0) is 11.2 Å². The molecule has 2 N–H and O–H groups in total. The number of nitrogens with zero attached hydrogens (tertiary/aromatic N) is 2. The van der Waals surface area contributed by atoms with Crippen molar-refractivity contribution >= 4 is 18.3 Å². The quantitative estimate of drug-likeness (QED) is 0.915. The largest absolute Gasteiger partial charge is 0.361 e. The molecule has 1 fully saturated rings. The Morgan fingerprint density at radius 1 is 1.63 bits per heavy atom. The highest BCUT2D eigenvalue weighted by Crippen LogP contribution is 2.22. The van der Waals surface area contributed by atoms with Crippen LogP contribution in [0, 0.1) is 12.8 Å². The van der Waals surface area contributed by atoms with Crippen LogP contribution in [0.3, 0.4) is 0 Å². The van der Waals surface area contributed by atoms with Crippen molar-refractivity contribution in [3.05, 3.63) is 17.5 Å². The highest BCUT2D eigenvalue weighted by atomic mass is 35.5. The number of aryl methyl sites for hydroxylation is 1. The minimum absolute atomic E-state index is 0. The maximum atomic E-state index is 12.2. The number of aromatic nitrogens is 1. The van der Waals surface area contributed by atoms with E-state index in [2.05, 4.69) is 12.1 Å². The van der Waals surface area contributed by atoms with E-state index in [4.69, 9.17) is 10.3 Å². The Kier molecular flexibility index (Phi) is 5.82. The van der Waals surface area contributed by atoms with Crippen LogP contribution in [0.1, 0.15) is 31.2 Å². The molecular formula is C13H22ClN3O2. The Morgan fingerprint density at radius 3 is 2.95 bits per heavy atom. The molecule has 6 heteroatoms. The summed E-state index contributed by atoms with van der Waals surface area (Å²) in [4.78, 5) is 14.1. The van der Waals surface area contributed by atoms with Gasteiger partial charge in [0.1, 0.15) is 5.76 Å². The molecule has 1 saturated heterocycles. The Bertz CT molecular complexity index is 422. The lowest BCUT2D eigenvalue weighted by atomic mass is 9.92. The van der Waals surface area contributed by atoms with Crippen LogP contribution >= 0.6 is 12.4 Å². The van der Waals surface area contributed by atoms with Crippen molar-refractivity contribution in [2.24, 2.45) is 11.7 Å². The van der Waals surface area contributed by atoms with Gasteiger partial charge in [-0.2, -0.15) is 0 Å². The average molecular weight is 288 g/mol. The molecule has 0 aromatic carbocycles. The summed E-state index contributed by atoms with van der Waals surface area (Å²) in [6.07, 6.45) is 2.36. The maximum Gasteiger partial charge on any atom is 0.229 e. The predicted molar refractivity (Wildman–Crippen MR) is 75.1 cm³/mol. The van der Waals surface area contributed by atoms with E-state index in [1.165, 1.54) is 0 Å². The van der Waals surface area contributed by atoms with Crippen molar-refractivity contribution in [3.8, 4) is 0 Å². The molecule has 0 bridgehead atoms. The van der Waals surface area contributed by atoms with E-state index in [1.807, 2.05) is 17.9 Å². The number of likely N-dealkylation sites (tertiary alicyclic amines) is 1. The van der Waals surface area contributed by atoms with Crippen LogP contribution in [0.25, 0.3) is 0 Å². The monoisotopic (exact) mass is 287 g/mol. The Hall–Kier alpha value is -1.07. The third-order valence-electron chi connectivity index (χ3n) is 3.58. The fraction of sp³-hybridized carbons (Fsp3) is 0.692. The van der Waals surface area contributed by atoms with Gasteiger partial charge in [0.05, 0.1) is 12.1 Å². The van der Waals surface area contributed by atoms with E-state index in [0.29, 0.717) is 24.6 Å². The molecule has 1 aliphatic heterocycles. The molecule has 0 spiro atoms. The maximum absolute atomic E-state index is 12.2. The summed E-state index contributed by atoms with van der Waals surface area (Å²) < 4.78 is 4.98. The molecule has 0 radical (unpaired) electrons. The molecule has 2 rings (SSSR count). The van der Waals surface area contributed by atoms with Gasteiger partial charge in [0.2, 0.25) is 5.91 Å². The van der Waals surface area contributed by atoms with Crippen molar-refractivity contribution in [1.82, 2.24) is 10.1 Å². The van der Waals surface area contributed by atoms with E-state index >= 15 is 0 Å². The Labute approximate surface area is 119 Å². The number of nitrogens with two attached hydrogens (primary N) is 1. The first kappa shape index (κ1) is 16.0. The molecule has 1 aromatic heterocycles. The van der Waals surface area contributed by atoms with E-state index in [9.17, 15) is 4.79 Å². The van der Waals surface area contributed by atoms with Crippen LogP contribution in [0.5, 0.6) is 0 Å². The molecule has 1 amide bonds. The zero-order valence-electron chi connectivity index (χ0n) is 11.5. The van der Waals surface area contributed by atoms with Crippen LogP contribution in [0.4, 0.5) is 0 Å². The molecule has 1 aliphatic rings. The molecule has 108 valence electrons. The van der Waals surface area contributed by atoms with Crippen molar-refractivity contribution in [3.63, 3.8) is 0 Å². The summed E-state index contributed by atoms with van der Waals surface area (Å²) in [5, 5.41) is 3.86. The smallest absolute Gasteiger partial charge is 0.229 e. The molecule has 2 heterocycles. The summed E-state index contributed by atoms with van der Waals surface area (Å²) in [6.45, 7) is 5.38. The van der Waals surface area contributed by atoms with Crippen LogP contribution in [-0.4, -0.2) is 35.1 Å². The summed E-state index contributed by atoms with van der Waals surface area (Å²) in [6, 6.07) is 1.98. The number of piperidine rings is 1. The van der Waals surface area contributed by atoms with Gasteiger partial charge in [0, 0.05) is 25.2 Å². The summed E-state index contributed by atoms with van der Waals surface area (Å²) in [7, 11) is 0. The second-order valence-electron chi connectivity index (χ2n) is 5.21. The zero-order chi connectivity index (χ0) is 13.1. The number of hydrogen-bond donors (Lipinski definition) is 1. The minimum Gasteiger partial charge on any atom is -0.361 e. The minimum atomic E-state index is 0. The van der Waals surface area contributed by atoms with Crippen molar-refractivity contribution < 1.29 is 9.32 Å². The SMILES string of the molecule is Cc1cc(CC(=O)N2CCC(C)CC2CN)no1.Cl. The normalized spacial score (nSPS) is 23.0. The van der Waals surface area contributed by atoms with Gasteiger partial charge in [-0.1, -0.05) is 12.1 Å². The molecular weight excluding hydrogens is 266 g/mol. The lowest BCUT2D eigenvalue weighted by Gasteiger charge is -2.38. The lowest BCUT2D eigenvalue weighted by Crippen LogP contribution is -2.49. The van der Waals surface area contributed by atoms with Gasteiger partial charge in [-0.05, 0) is 25.7 Å².